The molecule has 2 atom stereocenters. The van der Waals surface area contributed by atoms with Crippen LogP contribution in [0.4, 0.5) is 0 Å². The number of phenols is 1. The van der Waals surface area contributed by atoms with E-state index in [4.69, 9.17) is 10.5 Å². The molecule has 0 aliphatic heterocycles. The third-order valence-electron chi connectivity index (χ3n) is 2.14. The summed E-state index contributed by atoms with van der Waals surface area (Å²) >= 11 is 0. The molecule has 0 saturated carbocycles. The number of aliphatic hydroxyl groups is 1. The number of nitrogens with two attached hydrogens (primary N) is 1. The van der Waals surface area contributed by atoms with Crippen molar-refractivity contribution < 1.29 is 19.7 Å². The highest BCUT2D eigenvalue weighted by Crippen LogP contribution is 2.29. The fourth-order valence-electron chi connectivity index (χ4n) is 1.26. The van der Waals surface area contributed by atoms with E-state index in [-0.39, 0.29) is 23.9 Å². The van der Waals surface area contributed by atoms with Crippen molar-refractivity contribution in [2.24, 2.45) is 5.73 Å². The van der Waals surface area contributed by atoms with Gasteiger partial charge in [0.1, 0.15) is 0 Å². The van der Waals surface area contributed by atoms with Crippen LogP contribution in [0.5, 0.6) is 11.5 Å². The summed E-state index contributed by atoms with van der Waals surface area (Å²) in [6.07, 6.45) is -0.723. The van der Waals surface area contributed by atoms with Crippen molar-refractivity contribution in [3.05, 3.63) is 23.8 Å². The molecule has 96 valence electrons. The molecule has 0 aliphatic carbocycles. The first-order valence-electron chi connectivity index (χ1n) is 4.86. The largest absolute Gasteiger partial charge is 0.504 e. The molecule has 0 heterocycles. The highest BCUT2D eigenvalue weighted by molar-refractivity contribution is 5.85. The van der Waals surface area contributed by atoms with Crippen LogP contribution in [-0.2, 0) is 4.79 Å². The van der Waals surface area contributed by atoms with Crippen molar-refractivity contribution in [1.82, 2.24) is 0 Å². The fraction of sp³-hybridized carbons (Fsp3) is 0.364. The van der Waals surface area contributed by atoms with Gasteiger partial charge in [-0.15, -0.1) is 12.4 Å². The van der Waals surface area contributed by atoms with Crippen LogP contribution in [-0.4, -0.2) is 22.3 Å². The molecule has 17 heavy (non-hydrogen) atoms. The molecule has 1 rings (SSSR count). The van der Waals surface area contributed by atoms with Gasteiger partial charge < -0.3 is 20.7 Å². The van der Waals surface area contributed by atoms with E-state index >= 15 is 0 Å². The number of benzene rings is 1. The molecule has 4 N–H and O–H groups in total. The zero-order valence-electron chi connectivity index (χ0n) is 9.58. The summed E-state index contributed by atoms with van der Waals surface area (Å²) < 4.78 is 4.75. The summed E-state index contributed by atoms with van der Waals surface area (Å²) in [5.74, 6) is -0.610. The van der Waals surface area contributed by atoms with Gasteiger partial charge in [0.2, 0.25) is 0 Å². The summed E-state index contributed by atoms with van der Waals surface area (Å²) in [6.45, 7) is 2.80. The average Bonchev–Trinajstić information content (AvgIpc) is 2.19. The lowest BCUT2D eigenvalue weighted by atomic mass is 10.0. The Morgan fingerprint density at radius 2 is 2.06 bits per heavy atom. The molecule has 0 bridgehead atoms. The lowest BCUT2D eigenvalue weighted by molar-refractivity contribution is -0.132. The molecule has 0 saturated heterocycles. The number of ether oxygens (including phenoxy) is 1. The van der Waals surface area contributed by atoms with Gasteiger partial charge in [-0.2, -0.15) is 0 Å². The van der Waals surface area contributed by atoms with Crippen molar-refractivity contribution in [2.45, 2.75) is 26.0 Å². The number of carbonyl (C=O) groups is 1. The van der Waals surface area contributed by atoms with Gasteiger partial charge in [-0.1, -0.05) is 6.07 Å². The van der Waals surface area contributed by atoms with E-state index in [1.165, 1.54) is 19.1 Å². The van der Waals surface area contributed by atoms with Crippen molar-refractivity contribution >= 4 is 18.4 Å². The summed E-state index contributed by atoms with van der Waals surface area (Å²) in [7, 11) is 0. The smallest absolute Gasteiger partial charge is 0.308 e. The second-order valence-corrected chi connectivity index (χ2v) is 3.59. The van der Waals surface area contributed by atoms with Crippen molar-refractivity contribution in [1.29, 1.82) is 0 Å². The number of hydrogen-bond acceptors (Lipinski definition) is 5. The molecule has 0 aromatic heterocycles. The molecule has 0 amide bonds. The van der Waals surface area contributed by atoms with Gasteiger partial charge >= 0.3 is 5.97 Å². The summed E-state index contributed by atoms with van der Waals surface area (Å²) in [4.78, 5) is 10.7. The number of halogens is 1. The van der Waals surface area contributed by atoms with Gasteiger partial charge in [0.15, 0.2) is 11.5 Å². The Balaban J connectivity index is 0.00000256. The molecule has 5 nitrogen and oxygen atoms in total. The van der Waals surface area contributed by atoms with Crippen molar-refractivity contribution in [3.63, 3.8) is 0 Å². The third-order valence-corrected chi connectivity index (χ3v) is 2.14. The van der Waals surface area contributed by atoms with E-state index < -0.39 is 18.1 Å². The van der Waals surface area contributed by atoms with Gasteiger partial charge in [-0.3, -0.25) is 4.79 Å². The minimum atomic E-state index is -0.723. The third kappa shape index (κ3) is 4.22. The zero-order chi connectivity index (χ0) is 12.3. The number of aromatic hydroxyl groups is 1. The second-order valence-electron chi connectivity index (χ2n) is 3.59. The van der Waals surface area contributed by atoms with E-state index in [2.05, 4.69) is 0 Å². The van der Waals surface area contributed by atoms with Crippen LogP contribution in [0.2, 0.25) is 0 Å². The number of hydrogen-bond donors (Lipinski definition) is 3. The predicted molar refractivity (Wildman–Crippen MR) is 65.3 cm³/mol. The average molecular weight is 262 g/mol. The molecule has 0 aliphatic rings. The quantitative estimate of drug-likeness (QED) is 0.560. The number of esters is 1. The van der Waals surface area contributed by atoms with Gasteiger partial charge in [0.05, 0.1) is 12.1 Å². The summed E-state index contributed by atoms with van der Waals surface area (Å²) in [5, 5.41) is 18.8. The van der Waals surface area contributed by atoms with Gasteiger partial charge in [-0.05, 0) is 24.6 Å². The van der Waals surface area contributed by atoms with Crippen LogP contribution in [0.1, 0.15) is 25.5 Å². The normalized spacial score (nSPS) is 13.4. The van der Waals surface area contributed by atoms with E-state index in [0.717, 1.165) is 0 Å². The highest BCUT2D eigenvalue weighted by Gasteiger charge is 2.14. The predicted octanol–water partition coefficient (Wildman–Crippen LogP) is 1.12. The fourth-order valence-corrected chi connectivity index (χ4v) is 1.26. The monoisotopic (exact) mass is 261 g/mol. The molecular weight excluding hydrogens is 246 g/mol. The molecular formula is C11H16ClNO4. The Bertz CT molecular complexity index is 395. The Hall–Kier alpha value is -1.30. The van der Waals surface area contributed by atoms with E-state index in [9.17, 15) is 15.0 Å². The maximum Gasteiger partial charge on any atom is 0.308 e. The van der Waals surface area contributed by atoms with Crippen LogP contribution in [0.25, 0.3) is 0 Å². The lowest BCUT2D eigenvalue weighted by Crippen LogP contribution is -2.23. The second kappa shape index (κ2) is 6.44. The molecule has 6 heteroatoms. The first kappa shape index (κ1) is 15.7. The highest BCUT2D eigenvalue weighted by atomic mass is 35.5. The summed E-state index contributed by atoms with van der Waals surface area (Å²) in [5.41, 5.74) is 6.26. The van der Waals surface area contributed by atoms with Crippen LogP contribution in [0.15, 0.2) is 18.2 Å². The van der Waals surface area contributed by atoms with Crippen molar-refractivity contribution in [2.75, 3.05) is 0 Å². The van der Waals surface area contributed by atoms with Crippen LogP contribution in [0.3, 0.4) is 0 Å². The van der Waals surface area contributed by atoms with Crippen LogP contribution < -0.4 is 10.5 Å². The minimum absolute atomic E-state index is 0. The molecule has 0 fully saturated rings. The maximum absolute atomic E-state index is 10.7. The molecule has 1 aromatic rings. The topological polar surface area (TPSA) is 92.8 Å². The SMILES string of the molecule is CC(=O)Oc1ccc([C@@H](N)[C@H](C)O)cc1O.Cl. The van der Waals surface area contributed by atoms with Gasteiger partial charge in [0.25, 0.3) is 0 Å². The molecule has 0 unspecified atom stereocenters. The van der Waals surface area contributed by atoms with Crippen LogP contribution in [0, 0.1) is 0 Å². The maximum atomic E-state index is 10.7. The van der Waals surface area contributed by atoms with E-state index in [1.807, 2.05) is 0 Å². The minimum Gasteiger partial charge on any atom is -0.504 e. The lowest BCUT2D eigenvalue weighted by Gasteiger charge is -2.15. The van der Waals surface area contributed by atoms with E-state index in [1.54, 1.807) is 13.0 Å². The molecule has 0 spiro atoms. The first-order chi connectivity index (χ1) is 7.41. The molecule has 1 aromatic carbocycles. The summed E-state index contributed by atoms with van der Waals surface area (Å²) in [6, 6.07) is 3.82. The Labute approximate surface area is 106 Å². The zero-order valence-corrected chi connectivity index (χ0v) is 10.4. The molecule has 0 radical (unpaired) electrons. The Morgan fingerprint density at radius 3 is 2.47 bits per heavy atom. The number of rotatable bonds is 3. The Morgan fingerprint density at radius 1 is 1.47 bits per heavy atom. The number of aliphatic hydroxyl groups excluding tert-OH is 1. The number of phenolic OH excluding ortho intramolecular Hbond substituents is 1. The number of carbonyl (C=O) groups excluding carboxylic acids is 1. The standard InChI is InChI=1S/C11H15NO4.ClH/c1-6(13)11(12)8-3-4-10(9(15)5-8)16-7(2)14;/h3-6,11,13,15H,12H2,1-2H3;1H/t6-,11-;/m0./s1. The van der Waals surface area contributed by atoms with Crippen LogP contribution >= 0.6 is 12.4 Å². The van der Waals surface area contributed by atoms with Crippen molar-refractivity contribution in [3.8, 4) is 11.5 Å². The first-order valence-corrected chi connectivity index (χ1v) is 4.86. The van der Waals surface area contributed by atoms with Gasteiger partial charge in [-0.25, -0.2) is 0 Å². The van der Waals surface area contributed by atoms with Gasteiger partial charge in [0, 0.05) is 6.92 Å². The van der Waals surface area contributed by atoms with E-state index in [0.29, 0.717) is 5.56 Å². The Kier molecular flexibility index (Phi) is 5.95.